The van der Waals surface area contributed by atoms with Crippen molar-refractivity contribution in [3.63, 3.8) is 0 Å². The smallest absolute Gasteiger partial charge is 0.333 e. The van der Waals surface area contributed by atoms with Gasteiger partial charge in [0.15, 0.2) is 0 Å². The SMILES string of the molecule is C=C1C(=O)OC[C@@H]1CC=O. The van der Waals surface area contributed by atoms with E-state index >= 15 is 0 Å². The maximum Gasteiger partial charge on any atom is 0.333 e. The Morgan fingerprint density at radius 3 is 2.90 bits per heavy atom. The number of hydrogen-bond acceptors (Lipinski definition) is 3. The summed E-state index contributed by atoms with van der Waals surface area (Å²) in [6.07, 6.45) is 1.11. The third kappa shape index (κ3) is 1.07. The van der Waals surface area contributed by atoms with Gasteiger partial charge in [0, 0.05) is 17.9 Å². The summed E-state index contributed by atoms with van der Waals surface area (Å²) in [5.41, 5.74) is 0.423. The fourth-order valence-electron chi connectivity index (χ4n) is 0.863. The molecule has 1 heterocycles. The largest absolute Gasteiger partial charge is 0.462 e. The second-order valence-electron chi connectivity index (χ2n) is 2.22. The molecule has 0 aromatic carbocycles. The highest BCUT2D eigenvalue weighted by atomic mass is 16.5. The average Bonchev–Trinajstić information content (AvgIpc) is 2.20. The molecule has 1 aliphatic rings. The van der Waals surface area contributed by atoms with Crippen molar-refractivity contribution in [2.24, 2.45) is 5.92 Å². The molecule has 0 aromatic heterocycles. The molecule has 1 fully saturated rings. The zero-order chi connectivity index (χ0) is 7.56. The molecule has 0 bridgehead atoms. The summed E-state index contributed by atoms with van der Waals surface area (Å²) in [6, 6.07) is 0. The van der Waals surface area contributed by atoms with Gasteiger partial charge in [-0.25, -0.2) is 4.79 Å². The lowest BCUT2D eigenvalue weighted by Gasteiger charge is -1.97. The normalized spacial score (nSPS) is 24.6. The van der Waals surface area contributed by atoms with Crippen LogP contribution in [0.15, 0.2) is 12.2 Å². The monoisotopic (exact) mass is 140 g/mol. The molecule has 0 spiro atoms. The zero-order valence-electron chi connectivity index (χ0n) is 5.50. The first-order valence-corrected chi connectivity index (χ1v) is 3.05. The van der Waals surface area contributed by atoms with E-state index in [-0.39, 0.29) is 11.9 Å². The van der Waals surface area contributed by atoms with Crippen LogP contribution in [0.1, 0.15) is 6.42 Å². The van der Waals surface area contributed by atoms with Crippen molar-refractivity contribution in [2.75, 3.05) is 6.61 Å². The number of carbonyl (C=O) groups is 2. The van der Waals surface area contributed by atoms with Crippen molar-refractivity contribution < 1.29 is 14.3 Å². The quantitative estimate of drug-likeness (QED) is 0.315. The molecule has 0 radical (unpaired) electrons. The summed E-state index contributed by atoms with van der Waals surface area (Å²) < 4.78 is 4.63. The molecule has 1 rings (SSSR count). The zero-order valence-corrected chi connectivity index (χ0v) is 5.50. The molecule has 0 N–H and O–H groups in total. The number of esters is 1. The number of rotatable bonds is 2. The summed E-state index contributed by atoms with van der Waals surface area (Å²) in [7, 11) is 0. The van der Waals surface area contributed by atoms with E-state index in [1.165, 1.54) is 0 Å². The van der Waals surface area contributed by atoms with Gasteiger partial charge in [0.2, 0.25) is 0 Å². The molecule has 3 heteroatoms. The number of cyclic esters (lactones) is 1. The van der Waals surface area contributed by atoms with Crippen LogP contribution < -0.4 is 0 Å². The van der Waals surface area contributed by atoms with E-state index in [2.05, 4.69) is 11.3 Å². The van der Waals surface area contributed by atoms with Crippen LogP contribution in [0, 0.1) is 5.92 Å². The van der Waals surface area contributed by atoms with Gasteiger partial charge in [-0.15, -0.1) is 0 Å². The summed E-state index contributed by atoms with van der Waals surface area (Å²) in [5.74, 6) is -0.447. The topological polar surface area (TPSA) is 43.4 Å². The van der Waals surface area contributed by atoms with Crippen LogP contribution >= 0.6 is 0 Å². The Bertz CT molecular complexity index is 183. The van der Waals surface area contributed by atoms with Crippen molar-refractivity contribution in [1.82, 2.24) is 0 Å². The van der Waals surface area contributed by atoms with E-state index < -0.39 is 0 Å². The fraction of sp³-hybridized carbons (Fsp3) is 0.429. The van der Waals surface area contributed by atoms with Crippen molar-refractivity contribution in [2.45, 2.75) is 6.42 Å². The van der Waals surface area contributed by atoms with Crippen molar-refractivity contribution >= 4 is 12.3 Å². The molecule has 1 saturated heterocycles. The second kappa shape index (κ2) is 2.64. The van der Waals surface area contributed by atoms with E-state index in [0.717, 1.165) is 6.29 Å². The minimum absolute atomic E-state index is 0.0787. The van der Waals surface area contributed by atoms with E-state index in [4.69, 9.17) is 0 Å². The molecule has 1 aliphatic heterocycles. The lowest BCUT2D eigenvalue weighted by Crippen LogP contribution is -2.02. The highest BCUT2D eigenvalue weighted by molar-refractivity contribution is 5.90. The molecule has 3 nitrogen and oxygen atoms in total. The first-order valence-electron chi connectivity index (χ1n) is 3.05. The Hall–Kier alpha value is -1.12. The van der Waals surface area contributed by atoms with Gasteiger partial charge in [-0.3, -0.25) is 0 Å². The second-order valence-corrected chi connectivity index (χ2v) is 2.22. The van der Waals surface area contributed by atoms with Gasteiger partial charge in [0.1, 0.15) is 6.29 Å². The first kappa shape index (κ1) is 6.99. The summed E-state index contributed by atoms with van der Waals surface area (Å²) in [5, 5.41) is 0. The lowest BCUT2D eigenvalue weighted by molar-refractivity contribution is -0.135. The Morgan fingerprint density at radius 2 is 2.50 bits per heavy atom. The van der Waals surface area contributed by atoms with Crippen LogP contribution in [-0.4, -0.2) is 18.9 Å². The summed E-state index contributed by atoms with van der Waals surface area (Å²) in [6.45, 7) is 3.82. The Balaban J connectivity index is 2.57. The fourth-order valence-corrected chi connectivity index (χ4v) is 0.863. The summed E-state index contributed by atoms with van der Waals surface area (Å²) in [4.78, 5) is 20.6. The lowest BCUT2D eigenvalue weighted by atomic mass is 10.0. The number of ether oxygens (including phenoxy) is 1. The van der Waals surface area contributed by atoms with Crippen molar-refractivity contribution in [1.29, 1.82) is 0 Å². The molecule has 0 aliphatic carbocycles. The first-order chi connectivity index (χ1) is 4.75. The van der Waals surface area contributed by atoms with Gasteiger partial charge in [0.25, 0.3) is 0 Å². The average molecular weight is 140 g/mol. The Kier molecular flexibility index (Phi) is 1.85. The maximum absolute atomic E-state index is 10.6. The van der Waals surface area contributed by atoms with E-state index in [1.807, 2.05) is 0 Å². The minimum Gasteiger partial charge on any atom is -0.462 e. The maximum atomic E-state index is 10.6. The van der Waals surface area contributed by atoms with Gasteiger partial charge in [-0.2, -0.15) is 0 Å². The van der Waals surface area contributed by atoms with E-state index in [1.54, 1.807) is 0 Å². The third-order valence-electron chi connectivity index (χ3n) is 1.55. The van der Waals surface area contributed by atoms with Crippen molar-refractivity contribution in [3.05, 3.63) is 12.2 Å². The highest BCUT2D eigenvalue weighted by Gasteiger charge is 2.27. The summed E-state index contributed by atoms with van der Waals surface area (Å²) >= 11 is 0. The molecule has 0 amide bonds. The molecule has 1 atom stereocenters. The predicted octanol–water partition coefficient (Wildman–Crippen LogP) is 0.305. The van der Waals surface area contributed by atoms with E-state index in [0.29, 0.717) is 18.6 Å². The van der Waals surface area contributed by atoms with Crippen LogP contribution in [0.4, 0.5) is 0 Å². The molecule has 10 heavy (non-hydrogen) atoms. The van der Waals surface area contributed by atoms with Gasteiger partial charge in [-0.05, 0) is 0 Å². The molecular weight excluding hydrogens is 132 g/mol. The standard InChI is InChI=1S/C7H8O3/c1-5-6(2-3-8)4-10-7(5)9/h3,6H,1-2,4H2/t6-/m0/s1. The predicted molar refractivity (Wildman–Crippen MR) is 34.3 cm³/mol. The van der Waals surface area contributed by atoms with Gasteiger partial charge >= 0.3 is 5.97 Å². The number of carbonyl (C=O) groups excluding carboxylic acids is 2. The van der Waals surface area contributed by atoms with Crippen LogP contribution in [-0.2, 0) is 14.3 Å². The van der Waals surface area contributed by atoms with E-state index in [9.17, 15) is 9.59 Å². The molecular formula is C7H8O3. The van der Waals surface area contributed by atoms with Crippen LogP contribution in [0.2, 0.25) is 0 Å². The Labute approximate surface area is 58.7 Å². The van der Waals surface area contributed by atoms with Gasteiger partial charge in [0.05, 0.1) is 6.61 Å². The molecule has 54 valence electrons. The number of aldehydes is 1. The Morgan fingerprint density at radius 1 is 1.80 bits per heavy atom. The molecule has 0 aromatic rings. The van der Waals surface area contributed by atoms with Crippen LogP contribution in [0.25, 0.3) is 0 Å². The third-order valence-corrected chi connectivity index (χ3v) is 1.55. The molecule has 0 saturated carbocycles. The van der Waals surface area contributed by atoms with Gasteiger partial charge in [-0.1, -0.05) is 6.58 Å². The van der Waals surface area contributed by atoms with Crippen LogP contribution in [0.3, 0.4) is 0 Å². The van der Waals surface area contributed by atoms with Crippen molar-refractivity contribution in [3.8, 4) is 0 Å². The van der Waals surface area contributed by atoms with Crippen LogP contribution in [0.5, 0.6) is 0 Å². The molecule has 0 unspecified atom stereocenters. The highest BCUT2D eigenvalue weighted by Crippen LogP contribution is 2.21. The number of hydrogen-bond donors (Lipinski definition) is 0. The minimum atomic E-state index is -0.369. The van der Waals surface area contributed by atoms with Gasteiger partial charge < -0.3 is 9.53 Å².